The van der Waals surface area contributed by atoms with Crippen LogP contribution in [0.4, 0.5) is 0 Å². The van der Waals surface area contributed by atoms with Crippen LogP contribution in [0.1, 0.15) is 6.92 Å². The summed E-state index contributed by atoms with van der Waals surface area (Å²) in [4.78, 5) is 31.4. The molecule has 0 aliphatic heterocycles. The molecule has 0 aromatic carbocycles. The number of esters is 1. The fourth-order valence-corrected chi connectivity index (χ4v) is 0.586. The molecule has 66 valence electrons. The molecule has 4 heteroatoms. The molecular formula is C8H10O4. The molecule has 0 spiro atoms. The summed E-state index contributed by atoms with van der Waals surface area (Å²) in [6, 6.07) is 0. The molecule has 0 aliphatic carbocycles. The summed E-state index contributed by atoms with van der Waals surface area (Å²) in [6.07, 6.45) is 3.05. The molecule has 0 fully saturated rings. The number of hydrogen-bond donors (Lipinski definition) is 0. The quantitative estimate of drug-likeness (QED) is 0.260. The van der Waals surface area contributed by atoms with Gasteiger partial charge in [0.2, 0.25) is 5.78 Å². The Morgan fingerprint density at radius 3 is 2.42 bits per heavy atom. The number of Topliss-reactive ketones (excluding diaryl/α,β-unsaturated/α-hetero) is 1. The van der Waals surface area contributed by atoms with Gasteiger partial charge in [0.05, 0.1) is 7.11 Å². The number of carbonyl (C=O) groups excluding carboxylic acids is 3. The Morgan fingerprint density at radius 1 is 1.42 bits per heavy atom. The van der Waals surface area contributed by atoms with Crippen molar-refractivity contribution < 1.29 is 19.1 Å². The summed E-state index contributed by atoms with van der Waals surface area (Å²) < 4.78 is 4.20. The third-order valence-electron chi connectivity index (χ3n) is 1.28. The summed E-state index contributed by atoms with van der Waals surface area (Å²) in [5.74, 6) is -2.16. The predicted octanol–water partition coefficient (Wildman–Crippen LogP) is 0.120. The summed E-state index contributed by atoms with van der Waals surface area (Å²) in [7, 11) is 1.14. The summed E-state index contributed by atoms with van der Waals surface area (Å²) in [5.41, 5.74) is 0. The van der Waals surface area contributed by atoms with Gasteiger partial charge in [-0.3, -0.25) is 9.59 Å². The van der Waals surface area contributed by atoms with E-state index in [1.54, 1.807) is 0 Å². The standard InChI is InChI=1S/C8H10O4/c1-6(4-3-5-9)7(10)8(11)12-2/h3-6H,1-2H3. The number of hydrogen-bond acceptors (Lipinski definition) is 4. The van der Waals surface area contributed by atoms with Gasteiger partial charge in [-0.25, -0.2) is 4.79 Å². The third-order valence-corrected chi connectivity index (χ3v) is 1.28. The van der Waals surface area contributed by atoms with Crippen molar-refractivity contribution in [2.75, 3.05) is 7.11 Å². The van der Waals surface area contributed by atoms with Gasteiger partial charge in [-0.2, -0.15) is 0 Å². The van der Waals surface area contributed by atoms with Crippen molar-refractivity contribution in [2.45, 2.75) is 6.92 Å². The molecule has 0 N–H and O–H groups in total. The van der Waals surface area contributed by atoms with E-state index < -0.39 is 17.7 Å². The normalized spacial score (nSPS) is 12.5. The number of allylic oxidation sites excluding steroid dienone is 2. The van der Waals surface area contributed by atoms with Crippen LogP contribution in [-0.4, -0.2) is 25.1 Å². The zero-order chi connectivity index (χ0) is 9.56. The van der Waals surface area contributed by atoms with Gasteiger partial charge < -0.3 is 4.74 Å². The first-order valence-corrected chi connectivity index (χ1v) is 3.37. The molecule has 0 saturated heterocycles. The maximum atomic E-state index is 10.9. The van der Waals surface area contributed by atoms with E-state index in [9.17, 15) is 14.4 Å². The van der Waals surface area contributed by atoms with Crippen molar-refractivity contribution in [1.82, 2.24) is 0 Å². The molecule has 0 radical (unpaired) electrons. The van der Waals surface area contributed by atoms with Crippen LogP contribution in [0.2, 0.25) is 0 Å². The highest BCUT2D eigenvalue weighted by Gasteiger charge is 2.18. The number of ketones is 1. The van der Waals surface area contributed by atoms with Crippen molar-refractivity contribution in [3.8, 4) is 0 Å². The Hall–Kier alpha value is -1.45. The number of aldehydes is 1. The van der Waals surface area contributed by atoms with Crippen LogP contribution in [0, 0.1) is 5.92 Å². The lowest BCUT2D eigenvalue weighted by molar-refractivity contribution is -0.152. The van der Waals surface area contributed by atoms with E-state index in [-0.39, 0.29) is 0 Å². The Labute approximate surface area is 70.2 Å². The lowest BCUT2D eigenvalue weighted by atomic mass is 10.1. The predicted molar refractivity (Wildman–Crippen MR) is 41.4 cm³/mol. The van der Waals surface area contributed by atoms with Crippen LogP contribution in [0.15, 0.2) is 12.2 Å². The SMILES string of the molecule is COC(=O)C(=O)C(C)C=CC=O. The van der Waals surface area contributed by atoms with E-state index in [1.165, 1.54) is 19.1 Å². The largest absolute Gasteiger partial charge is 0.463 e. The highest BCUT2D eigenvalue weighted by atomic mass is 16.5. The Kier molecular flexibility index (Phi) is 4.60. The van der Waals surface area contributed by atoms with E-state index in [4.69, 9.17) is 0 Å². The molecule has 0 amide bonds. The monoisotopic (exact) mass is 170 g/mol. The first-order valence-electron chi connectivity index (χ1n) is 3.37. The molecule has 0 saturated carbocycles. The first kappa shape index (κ1) is 10.6. The van der Waals surface area contributed by atoms with Crippen molar-refractivity contribution in [1.29, 1.82) is 0 Å². The van der Waals surface area contributed by atoms with E-state index in [0.29, 0.717) is 6.29 Å². The second-order valence-electron chi connectivity index (χ2n) is 2.17. The molecule has 1 unspecified atom stereocenters. The van der Waals surface area contributed by atoms with E-state index >= 15 is 0 Å². The molecule has 0 bridgehead atoms. The van der Waals surface area contributed by atoms with Gasteiger partial charge in [0, 0.05) is 5.92 Å². The summed E-state index contributed by atoms with van der Waals surface area (Å²) >= 11 is 0. The number of carbonyl (C=O) groups is 3. The average molecular weight is 170 g/mol. The Balaban J connectivity index is 4.19. The number of ether oxygens (including phenoxy) is 1. The molecular weight excluding hydrogens is 160 g/mol. The van der Waals surface area contributed by atoms with Gasteiger partial charge in [0.1, 0.15) is 6.29 Å². The highest BCUT2D eigenvalue weighted by molar-refractivity contribution is 6.34. The maximum absolute atomic E-state index is 10.9. The third kappa shape index (κ3) is 3.09. The van der Waals surface area contributed by atoms with Crippen LogP contribution >= 0.6 is 0 Å². The number of methoxy groups -OCH3 is 1. The maximum Gasteiger partial charge on any atom is 0.374 e. The lowest BCUT2D eigenvalue weighted by Gasteiger charge is -2.01. The molecule has 0 aromatic heterocycles. The van der Waals surface area contributed by atoms with Gasteiger partial charge in [-0.15, -0.1) is 0 Å². The Bertz CT molecular complexity index is 217. The van der Waals surface area contributed by atoms with Crippen molar-refractivity contribution in [2.24, 2.45) is 5.92 Å². The second kappa shape index (κ2) is 5.23. The second-order valence-corrected chi connectivity index (χ2v) is 2.17. The van der Waals surface area contributed by atoms with Crippen molar-refractivity contribution >= 4 is 18.0 Å². The molecule has 0 rings (SSSR count). The van der Waals surface area contributed by atoms with Gasteiger partial charge in [0.25, 0.3) is 0 Å². The van der Waals surface area contributed by atoms with Crippen molar-refractivity contribution in [3.05, 3.63) is 12.2 Å². The molecule has 12 heavy (non-hydrogen) atoms. The lowest BCUT2D eigenvalue weighted by Crippen LogP contribution is -2.21. The first-order chi connectivity index (χ1) is 5.63. The van der Waals surface area contributed by atoms with E-state index in [0.717, 1.165) is 7.11 Å². The van der Waals surface area contributed by atoms with Gasteiger partial charge in [-0.1, -0.05) is 13.0 Å². The van der Waals surface area contributed by atoms with Crippen LogP contribution in [0.25, 0.3) is 0 Å². The van der Waals surface area contributed by atoms with E-state index in [2.05, 4.69) is 4.74 Å². The zero-order valence-electron chi connectivity index (χ0n) is 6.94. The van der Waals surface area contributed by atoms with Gasteiger partial charge >= 0.3 is 5.97 Å². The molecule has 0 heterocycles. The van der Waals surface area contributed by atoms with E-state index in [1.807, 2.05) is 0 Å². The van der Waals surface area contributed by atoms with Crippen LogP contribution in [-0.2, 0) is 19.1 Å². The minimum absolute atomic E-state index is 0.543. The van der Waals surface area contributed by atoms with Crippen LogP contribution < -0.4 is 0 Å². The van der Waals surface area contributed by atoms with Crippen molar-refractivity contribution in [3.63, 3.8) is 0 Å². The summed E-state index contributed by atoms with van der Waals surface area (Å²) in [5, 5.41) is 0. The minimum Gasteiger partial charge on any atom is -0.463 e. The molecule has 0 aromatic rings. The van der Waals surface area contributed by atoms with Crippen LogP contribution in [0.5, 0.6) is 0 Å². The topological polar surface area (TPSA) is 60.4 Å². The zero-order valence-corrected chi connectivity index (χ0v) is 6.94. The molecule has 1 atom stereocenters. The fourth-order valence-electron chi connectivity index (χ4n) is 0.586. The van der Waals surface area contributed by atoms with Crippen LogP contribution in [0.3, 0.4) is 0 Å². The minimum atomic E-state index is -0.891. The smallest absolute Gasteiger partial charge is 0.374 e. The van der Waals surface area contributed by atoms with Gasteiger partial charge in [-0.05, 0) is 6.08 Å². The van der Waals surface area contributed by atoms with Gasteiger partial charge in [0.15, 0.2) is 0 Å². The molecule has 4 nitrogen and oxygen atoms in total. The fraction of sp³-hybridized carbons (Fsp3) is 0.375. The highest BCUT2D eigenvalue weighted by Crippen LogP contribution is 1.99. The summed E-state index contributed by atoms with van der Waals surface area (Å²) in [6.45, 7) is 1.51. The number of rotatable bonds is 4. The molecule has 0 aliphatic rings. The Morgan fingerprint density at radius 2 is 2.00 bits per heavy atom. The average Bonchev–Trinajstić information content (AvgIpc) is 2.11.